The van der Waals surface area contributed by atoms with Crippen LogP contribution >= 0.6 is 11.6 Å². The highest BCUT2D eigenvalue weighted by molar-refractivity contribution is 6.17. The number of piperidine rings is 1. The Morgan fingerprint density at radius 3 is 3.00 bits per heavy atom. The Labute approximate surface area is 108 Å². The van der Waals surface area contributed by atoms with E-state index in [1.54, 1.807) is 0 Å². The van der Waals surface area contributed by atoms with Gasteiger partial charge in [0.15, 0.2) is 0 Å². The van der Waals surface area contributed by atoms with Crippen molar-refractivity contribution in [1.29, 1.82) is 5.26 Å². The maximum atomic E-state index is 9.22. The van der Waals surface area contributed by atoms with Crippen LogP contribution in [0.15, 0.2) is 18.2 Å². The third kappa shape index (κ3) is 2.73. The Balaban J connectivity index is 2.28. The predicted octanol–water partition coefficient (Wildman–Crippen LogP) is 3.53. The van der Waals surface area contributed by atoms with Crippen LogP contribution < -0.4 is 4.90 Å². The summed E-state index contributed by atoms with van der Waals surface area (Å²) in [5, 5.41) is 9.22. The van der Waals surface area contributed by atoms with Gasteiger partial charge in [0.2, 0.25) is 0 Å². The second-order valence-electron chi connectivity index (χ2n) is 4.79. The molecule has 0 N–H and O–H groups in total. The molecule has 1 aromatic carbocycles. The zero-order chi connectivity index (χ0) is 12.3. The van der Waals surface area contributed by atoms with Crippen molar-refractivity contribution >= 4 is 17.3 Å². The van der Waals surface area contributed by atoms with E-state index in [0.717, 1.165) is 29.9 Å². The van der Waals surface area contributed by atoms with E-state index in [9.17, 15) is 5.26 Å². The van der Waals surface area contributed by atoms with E-state index in [4.69, 9.17) is 11.6 Å². The molecule has 1 aromatic rings. The fraction of sp³-hybridized carbons (Fsp3) is 0.500. The Hall–Kier alpha value is -1.20. The second kappa shape index (κ2) is 5.42. The number of hydrogen-bond acceptors (Lipinski definition) is 2. The van der Waals surface area contributed by atoms with Gasteiger partial charge < -0.3 is 4.90 Å². The smallest absolute Gasteiger partial charge is 0.101 e. The predicted molar refractivity (Wildman–Crippen MR) is 71.3 cm³/mol. The van der Waals surface area contributed by atoms with Gasteiger partial charge in [-0.15, -0.1) is 11.6 Å². The summed E-state index contributed by atoms with van der Waals surface area (Å²) in [7, 11) is 0. The van der Waals surface area contributed by atoms with E-state index < -0.39 is 0 Å². The lowest BCUT2D eigenvalue weighted by molar-refractivity contribution is 0.446. The molecule has 2 nitrogen and oxygen atoms in total. The minimum absolute atomic E-state index is 0.464. The Morgan fingerprint density at radius 2 is 2.35 bits per heavy atom. The number of benzene rings is 1. The summed E-state index contributed by atoms with van der Waals surface area (Å²) < 4.78 is 0. The summed E-state index contributed by atoms with van der Waals surface area (Å²) >= 11 is 5.79. The number of rotatable bonds is 2. The maximum Gasteiger partial charge on any atom is 0.101 e. The molecule has 0 bridgehead atoms. The van der Waals surface area contributed by atoms with Crippen LogP contribution in [-0.2, 0) is 5.88 Å². The van der Waals surface area contributed by atoms with Crippen LogP contribution in [0.5, 0.6) is 0 Å². The van der Waals surface area contributed by atoms with Crippen molar-refractivity contribution in [3.05, 3.63) is 29.3 Å². The molecular formula is C14H17ClN2. The van der Waals surface area contributed by atoms with E-state index in [2.05, 4.69) is 17.9 Å². The number of anilines is 1. The van der Waals surface area contributed by atoms with Gasteiger partial charge in [-0.1, -0.05) is 13.0 Å². The molecule has 1 atom stereocenters. The molecule has 2 rings (SSSR count). The molecule has 0 spiro atoms. The van der Waals surface area contributed by atoms with Gasteiger partial charge in [-0.25, -0.2) is 0 Å². The lowest BCUT2D eigenvalue weighted by Gasteiger charge is -2.33. The molecule has 3 heteroatoms. The molecule has 0 aromatic heterocycles. The molecule has 0 aliphatic carbocycles. The van der Waals surface area contributed by atoms with Gasteiger partial charge in [0.25, 0.3) is 0 Å². The van der Waals surface area contributed by atoms with Crippen molar-refractivity contribution in [1.82, 2.24) is 0 Å². The number of nitrogens with zero attached hydrogens (tertiary/aromatic N) is 2. The third-order valence-electron chi connectivity index (χ3n) is 3.33. The van der Waals surface area contributed by atoms with Crippen molar-refractivity contribution < 1.29 is 0 Å². The minimum atomic E-state index is 0.464. The summed E-state index contributed by atoms with van der Waals surface area (Å²) in [5.41, 5.74) is 2.82. The van der Waals surface area contributed by atoms with E-state index in [-0.39, 0.29) is 0 Å². The summed E-state index contributed by atoms with van der Waals surface area (Å²) in [4.78, 5) is 2.32. The first kappa shape index (κ1) is 12.3. The van der Waals surface area contributed by atoms with Gasteiger partial charge in [0.1, 0.15) is 6.07 Å². The standard InChI is InChI=1S/C14H17ClN2/c1-11-3-2-6-17(10-11)14-5-4-12(8-15)7-13(14)9-16/h4-5,7,11H,2-3,6,8,10H2,1H3. The molecule has 17 heavy (non-hydrogen) atoms. The molecule has 0 saturated carbocycles. The zero-order valence-electron chi connectivity index (χ0n) is 10.1. The van der Waals surface area contributed by atoms with E-state index in [0.29, 0.717) is 11.8 Å². The van der Waals surface area contributed by atoms with E-state index >= 15 is 0 Å². The van der Waals surface area contributed by atoms with Crippen molar-refractivity contribution in [3.63, 3.8) is 0 Å². The number of halogens is 1. The van der Waals surface area contributed by atoms with Crippen LogP contribution in [-0.4, -0.2) is 13.1 Å². The summed E-state index contributed by atoms with van der Waals surface area (Å²) in [6.45, 7) is 4.37. The topological polar surface area (TPSA) is 27.0 Å². The number of alkyl halides is 1. The molecule has 1 unspecified atom stereocenters. The lowest BCUT2D eigenvalue weighted by atomic mass is 9.98. The van der Waals surface area contributed by atoms with Crippen LogP contribution in [0.25, 0.3) is 0 Å². The summed E-state index contributed by atoms with van der Waals surface area (Å²) in [5.74, 6) is 1.17. The Morgan fingerprint density at radius 1 is 1.53 bits per heavy atom. The normalized spacial score (nSPS) is 20.1. The Kier molecular flexibility index (Phi) is 3.91. The van der Waals surface area contributed by atoms with Crippen LogP contribution in [0.2, 0.25) is 0 Å². The monoisotopic (exact) mass is 248 g/mol. The maximum absolute atomic E-state index is 9.22. The minimum Gasteiger partial charge on any atom is -0.370 e. The van der Waals surface area contributed by atoms with E-state index in [1.165, 1.54) is 12.8 Å². The molecule has 0 radical (unpaired) electrons. The van der Waals surface area contributed by atoms with Crippen LogP contribution in [0.1, 0.15) is 30.9 Å². The largest absolute Gasteiger partial charge is 0.370 e. The summed E-state index contributed by atoms with van der Waals surface area (Å²) in [6, 6.07) is 8.24. The number of nitriles is 1. The SMILES string of the molecule is CC1CCCN(c2ccc(CCl)cc2C#N)C1. The molecule has 1 aliphatic heterocycles. The third-order valence-corrected chi connectivity index (χ3v) is 3.64. The van der Waals surface area contributed by atoms with Crippen LogP contribution in [0.3, 0.4) is 0 Å². The first-order chi connectivity index (χ1) is 8.24. The van der Waals surface area contributed by atoms with Gasteiger partial charge >= 0.3 is 0 Å². The highest BCUT2D eigenvalue weighted by Gasteiger charge is 2.18. The van der Waals surface area contributed by atoms with Crippen LogP contribution in [0.4, 0.5) is 5.69 Å². The van der Waals surface area contributed by atoms with Crippen molar-refractivity contribution in [3.8, 4) is 6.07 Å². The molecule has 90 valence electrons. The van der Waals surface area contributed by atoms with Crippen molar-refractivity contribution in [2.75, 3.05) is 18.0 Å². The van der Waals surface area contributed by atoms with Gasteiger partial charge in [-0.3, -0.25) is 0 Å². The molecular weight excluding hydrogens is 232 g/mol. The average molecular weight is 249 g/mol. The quantitative estimate of drug-likeness (QED) is 0.749. The fourth-order valence-corrected chi connectivity index (χ4v) is 2.61. The number of hydrogen-bond donors (Lipinski definition) is 0. The Bertz CT molecular complexity index is 436. The first-order valence-corrected chi connectivity index (χ1v) is 6.62. The van der Waals surface area contributed by atoms with Crippen LogP contribution in [0, 0.1) is 17.2 Å². The molecule has 0 amide bonds. The summed E-state index contributed by atoms with van der Waals surface area (Å²) in [6.07, 6.45) is 2.50. The highest BCUT2D eigenvalue weighted by Crippen LogP contribution is 2.27. The molecule has 1 saturated heterocycles. The van der Waals surface area contributed by atoms with Crippen molar-refractivity contribution in [2.45, 2.75) is 25.6 Å². The van der Waals surface area contributed by atoms with Gasteiger partial charge in [0.05, 0.1) is 11.3 Å². The average Bonchev–Trinajstić information content (AvgIpc) is 2.38. The highest BCUT2D eigenvalue weighted by atomic mass is 35.5. The van der Waals surface area contributed by atoms with Gasteiger partial charge in [0, 0.05) is 19.0 Å². The fourth-order valence-electron chi connectivity index (χ4n) is 2.44. The molecule has 1 aliphatic rings. The first-order valence-electron chi connectivity index (χ1n) is 6.08. The molecule has 1 fully saturated rings. The van der Waals surface area contributed by atoms with Gasteiger partial charge in [-0.2, -0.15) is 5.26 Å². The van der Waals surface area contributed by atoms with Crippen molar-refractivity contribution in [2.24, 2.45) is 5.92 Å². The second-order valence-corrected chi connectivity index (χ2v) is 5.06. The molecule has 1 heterocycles. The van der Waals surface area contributed by atoms with E-state index in [1.807, 2.05) is 18.2 Å². The zero-order valence-corrected chi connectivity index (χ0v) is 10.9. The lowest BCUT2D eigenvalue weighted by Crippen LogP contribution is -2.34. The van der Waals surface area contributed by atoms with Gasteiger partial charge in [-0.05, 0) is 36.5 Å².